The van der Waals surface area contributed by atoms with Gasteiger partial charge in [-0.15, -0.1) is 0 Å². The van der Waals surface area contributed by atoms with Crippen molar-refractivity contribution in [1.82, 2.24) is 4.90 Å². The zero-order valence-electron chi connectivity index (χ0n) is 9.72. The number of aliphatic imine (C=N–C) groups is 1. The van der Waals surface area contributed by atoms with Crippen molar-refractivity contribution in [1.29, 1.82) is 0 Å². The second kappa shape index (κ2) is 4.60. The van der Waals surface area contributed by atoms with Crippen LogP contribution in [0.5, 0.6) is 5.75 Å². The molecule has 1 aliphatic rings. The fraction of sp³-hybridized carbons (Fsp3) is 0.0833. The first-order chi connectivity index (χ1) is 8.93. The summed E-state index contributed by atoms with van der Waals surface area (Å²) in [6, 6.07) is 1.71. The van der Waals surface area contributed by atoms with Gasteiger partial charge in [0.1, 0.15) is 5.70 Å². The Bertz CT molecular complexity index is 615. The van der Waals surface area contributed by atoms with Crippen LogP contribution in [0.3, 0.4) is 0 Å². The van der Waals surface area contributed by atoms with Gasteiger partial charge in [0.15, 0.2) is 29.5 Å². The molecule has 0 bridgehead atoms. The minimum atomic E-state index is -1.15. The van der Waals surface area contributed by atoms with Crippen LogP contribution in [0.1, 0.15) is 5.56 Å². The van der Waals surface area contributed by atoms with Crippen LogP contribution in [0, 0.1) is 11.6 Å². The molecule has 0 aromatic heterocycles. The van der Waals surface area contributed by atoms with Gasteiger partial charge in [-0.05, 0) is 23.8 Å². The number of likely N-dealkylation sites (N-methyl/N-ethyl adjacent to an activating group) is 1. The van der Waals surface area contributed by atoms with Gasteiger partial charge in [-0.2, -0.15) is 0 Å². The maximum absolute atomic E-state index is 13.1. The Morgan fingerprint density at radius 1 is 1.32 bits per heavy atom. The quantitative estimate of drug-likeness (QED) is 0.643. The first-order valence-corrected chi connectivity index (χ1v) is 5.15. The van der Waals surface area contributed by atoms with Crippen molar-refractivity contribution in [3.8, 4) is 5.75 Å². The molecule has 0 radical (unpaired) electrons. The lowest BCUT2D eigenvalue weighted by molar-refractivity contribution is -0.122. The number of carbonyl (C=O) groups excluding carboxylic acids is 2. The average Bonchev–Trinajstić information content (AvgIpc) is 2.63. The Hall–Kier alpha value is -2.57. The summed E-state index contributed by atoms with van der Waals surface area (Å²) in [5.41, 5.74) is -0.102. The van der Waals surface area contributed by atoms with Crippen LogP contribution in [0.4, 0.5) is 8.78 Å². The molecule has 0 saturated carbocycles. The molecule has 0 unspecified atom stereocenters. The predicted molar refractivity (Wildman–Crippen MR) is 62.3 cm³/mol. The molecule has 2 rings (SSSR count). The summed E-state index contributed by atoms with van der Waals surface area (Å²) >= 11 is 0. The summed E-state index contributed by atoms with van der Waals surface area (Å²) in [5.74, 6) is -4.03. The van der Waals surface area contributed by atoms with Crippen LogP contribution < -0.4 is 0 Å². The van der Waals surface area contributed by atoms with Crippen LogP contribution in [0.2, 0.25) is 0 Å². The van der Waals surface area contributed by atoms with Crippen LogP contribution in [-0.4, -0.2) is 35.1 Å². The summed E-state index contributed by atoms with van der Waals surface area (Å²) in [6.45, 7) is 0. The maximum Gasteiger partial charge on any atom is 0.277 e. The van der Waals surface area contributed by atoms with Gasteiger partial charge in [0.25, 0.3) is 5.91 Å². The topological polar surface area (TPSA) is 70.0 Å². The fourth-order valence-corrected chi connectivity index (χ4v) is 1.55. The number of hydrogen-bond acceptors (Lipinski definition) is 4. The first kappa shape index (κ1) is 12.9. The standard InChI is InChI=1S/C12H8F2N2O3/c1-16-10(5-17)15-9(12(16)19)4-6-2-7(13)11(18)8(14)3-6/h2-5,18H,1H3/b9-4+. The summed E-state index contributed by atoms with van der Waals surface area (Å²) in [5, 5.41) is 8.95. The van der Waals surface area contributed by atoms with E-state index < -0.39 is 23.3 Å². The molecule has 1 aliphatic heterocycles. The minimum absolute atomic E-state index is 0.0143. The van der Waals surface area contributed by atoms with E-state index in [9.17, 15) is 18.4 Å². The van der Waals surface area contributed by atoms with Gasteiger partial charge in [-0.3, -0.25) is 14.5 Å². The number of phenols is 1. The van der Waals surface area contributed by atoms with E-state index in [-0.39, 0.29) is 17.1 Å². The monoisotopic (exact) mass is 266 g/mol. The molecule has 0 aliphatic carbocycles. The SMILES string of the molecule is CN1C(=O)/C(=C\c2cc(F)c(O)c(F)c2)N=C1C=O. The highest BCUT2D eigenvalue weighted by molar-refractivity contribution is 6.35. The number of hydrogen-bond donors (Lipinski definition) is 1. The maximum atomic E-state index is 13.1. The minimum Gasteiger partial charge on any atom is -0.503 e. The second-order valence-electron chi connectivity index (χ2n) is 3.81. The zero-order valence-corrected chi connectivity index (χ0v) is 9.72. The Balaban J connectivity index is 2.45. The number of nitrogens with zero attached hydrogens (tertiary/aromatic N) is 2. The van der Waals surface area contributed by atoms with Crippen molar-refractivity contribution >= 4 is 24.1 Å². The highest BCUT2D eigenvalue weighted by Gasteiger charge is 2.26. The van der Waals surface area contributed by atoms with Gasteiger partial charge in [0.2, 0.25) is 0 Å². The molecule has 1 amide bonds. The molecule has 5 nitrogen and oxygen atoms in total. The van der Waals surface area contributed by atoms with Gasteiger partial charge < -0.3 is 5.11 Å². The number of amides is 1. The molecule has 0 saturated heterocycles. The third-order valence-electron chi connectivity index (χ3n) is 2.55. The Labute approximate surface area is 106 Å². The molecule has 1 aromatic carbocycles. The molecule has 0 atom stereocenters. The van der Waals surface area contributed by atoms with Crippen molar-refractivity contribution in [3.05, 3.63) is 35.0 Å². The van der Waals surface area contributed by atoms with E-state index >= 15 is 0 Å². The molecular weight excluding hydrogens is 258 g/mol. The van der Waals surface area contributed by atoms with E-state index in [1.807, 2.05) is 0 Å². The van der Waals surface area contributed by atoms with E-state index in [0.717, 1.165) is 23.1 Å². The molecule has 1 aromatic rings. The van der Waals surface area contributed by atoms with Gasteiger partial charge >= 0.3 is 0 Å². The average molecular weight is 266 g/mol. The van der Waals surface area contributed by atoms with Crippen LogP contribution >= 0.6 is 0 Å². The third kappa shape index (κ3) is 2.22. The number of phenolic OH excluding ortho intramolecular Hbond substituents is 1. The predicted octanol–water partition coefficient (Wildman–Crippen LogP) is 1.08. The molecule has 7 heteroatoms. The molecule has 1 N–H and O–H groups in total. The zero-order chi connectivity index (χ0) is 14.2. The van der Waals surface area contributed by atoms with Gasteiger partial charge in [-0.25, -0.2) is 13.8 Å². The van der Waals surface area contributed by atoms with E-state index in [4.69, 9.17) is 5.11 Å². The first-order valence-electron chi connectivity index (χ1n) is 5.15. The molecule has 1 heterocycles. The van der Waals surface area contributed by atoms with Crippen LogP contribution in [-0.2, 0) is 9.59 Å². The summed E-state index contributed by atoms with van der Waals surface area (Å²) in [4.78, 5) is 27.0. The molecule has 0 spiro atoms. The number of halogens is 2. The van der Waals surface area contributed by atoms with E-state index in [1.165, 1.54) is 7.05 Å². The highest BCUT2D eigenvalue weighted by atomic mass is 19.1. The highest BCUT2D eigenvalue weighted by Crippen LogP contribution is 2.24. The van der Waals surface area contributed by atoms with Crippen molar-refractivity contribution < 1.29 is 23.5 Å². The normalized spacial score (nSPS) is 17.0. The molecule has 19 heavy (non-hydrogen) atoms. The van der Waals surface area contributed by atoms with Crippen molar-refractivity contribution in [2.45, 2.75) is 0 Å². The lowest BCUT2D eigenvalue weighted by Gasteiger charge is -2.05. The van der Waals surface area contributed by atoms with E-state index in [1.54, 1.807) is 0 Å². The number of amidine groups is 1. The van der Waals surface area contributed by atoms with Gasteiger partial charge in [0, 0.05) is 7.05 Å². The summed E-state index contributed by atoms with van der Waals surface area (Å²) in [6.07, 6.45) is 1.53. The lowest BCUT2D eigenvalue weighted by Crippen LogP contribution is -2.28. The van der Waals surface area contributed by atoms with Gasteiger partial charge in [0.05, 0.1) is 0 Å². The van der Waals surface area contributed by atoms with Crippen LogP contribution in [0.15, 0.2) is 22.8 Å². The number of benzene rings is 1. The molecule has 0 fully saturated rings. The largest absolute Gasteiger partial charge is 0.503 e. The van der Waals surface area contributed by atoms with Crippen molar-refractivity contribution in [2.75, 3.05) is 7.05 Å². The second-order valence-corrected chi connectivity index (χ2v) is 3.81. The Kier molecular flexibility index (Phi) is 3.12. The number of carbonyl (C=O) groups is 2. The van der Waals surface area contributed by atoms with E-state index in [2.05, 4.69) is 4.99 Å². The van der Waals surface area contributed by atoms with Crippen molar-refractivity contribution in [2.24, 2.45) is 4.99 Å². The Morgan fingerprint density at radius 2 is 1.89 bits per heavy atom. The smallest absolute Gasteiger partial charge is 0.277 e. The molecular formula is C12H8F2N2O3. The third-order valence-corrected chi connectivity index (χ3v) is 2.55. The Morgan fingerprint density at radius 3 is 2.37 bits per heavy atom. The van der Waals surface area contributed by atoms with Crippen LogP contribution in [0.25, 0.3) is 6.08 Å². The van der Waals surface area contributed by atoms with Gasteiger partial charge in [-0.1, -0.05) is 0 Å². The number of rotatable bonds is 2. The fourth-order valence-electron chi connectivity index (χ4n) is 1.55. The summed E-state index contributed by atoms with van der Waals surface area (Å²) in [7, 11) is 1.36. The number of aldehydes is 1. The number of aromatic hydroxyl groups is 1. The molecule has 98 valence electrons. The summed E-state index contributed by atoms with van der Waals surface area (Å²) < 4.78 is 26.2. The lowest BCUT2D eigenvalue weighted by atomic mass is 10.1. The van der Waals surface area contributed by atoms with E-state index in [0.29, 0.717) is 6.29 Å². The van der Waals surface area contributed by atoms with Crippen molar-refractivity contribution in [3.63, 3.8) is 0 Å².